The van der Waals surface area contributed by atoms with E-state index in [1.807, 2.05) is 85.1 Å². The number of nitrogens with zero attached hydrogens (tertiary/aromatic N) is 3. The van der Waals surface area contributed by atoms with E-state index in [2.05, 4.69) is 5.32 Å². The number of aromatic nitrogens is 2. The van der Waals surface area contributed by atoms with Gasteiger partial charge in [0.15, 0.2) is 5.16 Å². The standard InChI is InChI=1S/C32H32N4O5S2/c1-4-35(5-2)43(38,39)26-18-19-28-27(21-26)34-32(36(28)29-16-9-10-17-30(29)40-3)42-22-31(37)33-23-12-11-15-25(20-23)41-24-13-7-6-8-14-24/h6-21H,4-5,22H2,1-3H3,(H,33,37). The third-order valence-electron chi connectivity index (χ3n) is 6.69. The van der Waals surface area contributed by atoms with Crippen LogP contribution in [0.15, 0.2) is 107 Å². The van der Waals surface area contributed by atoms with Crippen molar-refractivity contribution in [3.05, 3.63) is 97.1 Å². The summed E-state index contributed by atoms with van der Waals surface area (Å²) in [5, 5.41) is 3.44. The molecule has 1 amide bonds. The molecule has 9 nitrogen and oxygen atoms in total. The molecular formula is C32H32N4O5S2. The predicted molar refractivity (Wildman–Crippen MR) is 170 cm³/mol. The summed E-state index contributed by atoms with van der Waals surface area (Å²) in [5.41, 5.74) is 2.51. The van der Waals surface area contributed by atoms with E-state index in [9.17, 15) is 13.2 Å². The van der Waals surface area contributed by atoms with Crippen LogP contribution in [0.4, 0.5) is 5.69 Å². The number of ether oxygens (including phenoxy) is 2. The number of methoxy groups -OCH3 is 1. The first-order chi connectivity index (χ1) is 20.8. The summed E-state index contributed by atoms with van der Waals surface area (Å²) < 4.78 is 41.2. The van der Waals surface area contributed by atoms with Crippen LogP contribution in [-0.4, -0.2) is 54.1 Å². The molecule has 0 atom stereocenters. The molecule has 1 N–H and O–H groups in total. The fourth-order valence-corrected chi connectivity index (χ4v) is 6.94. The number of carbonyl (C=O) groups excluding carboxylic acids is 1. The molecule has 0 saturated heterocycles. The number of fused-ring (bicyclic) bond motifs is 1. The lowest BCUT2D eigenvalue weighted by Gasteiger charge is -2.18. The number of imidazole rings is 1. The number of rotatable bonds is 12. The fraction of sp³-hybridized carbons (Fsp3) is 0.188. The second kappa shape index (κ2) is 13.3. The van der Waals surface area contributed by atoms with Crippen molar-refractivity contribution in [3.8, 4) is 22.9 Å². The van der Waals surface area contributed by atoms with Gasteiger partial charge in [0.25, 0.3) is 0 Å². The van der Waals surface area contributed by atoms with Gasteiger partial charge in [-0.3, -0.25) is 9.36 Å². The van der Waals surface area contributed by atoms with Crippen molar-refractivity contribution in [1.29, 1.82) is 0 Å². The van der Waals surface area contributed by atoms with Crippen LogP contribution < -0.4 is 14.8 Å². The van der Waals surface area contributed by atoms with Crippen LogP contribution in [0.3, 0.4) is 0 Å². The van der Waals surface area contributed by atoms with E-state index in [0.717, 1.165) is 5.69 Å². The third-order valence-corrected chi connectivity index (χ3v) is 9.68. The first kappa shape index (κ1) is 30.1. The second-order valence-corrected chi connectivity index (χ2v) is 12.3. The Kier molecular flexibility index (Phi) is 9.34. The normalized spacial score (nSPS) is 11.5. The van der Waals surface area contributed by atoms with Gasteiger partial charge in [-0.2, -0.15) is 4.31 Å². The van der Waals surface area contributed by atoms with Crippen molar-refractivity contribution >= 4 is 44.4 Å². The number of benzene rings is 4. The van der Waals surface area contributed by atoms with E-state index in [1.54, 1.807) is 37.4 Å². The van der Waals surface area contributed by atoms with Crippen LogP contribution >= 0.6 is 11.8 Å². The molecule has 0 fully saturated rings. The lowest BCUT2D eigenvalue weighted by molar-refractivity contribution is -0.113. The molecular weight excluding hydrogens is 585 g/mol. The van der Waals surface area contributed by atoms with Crippen LogP contribution in [0, 0.1) is 0 Å². The number of anilines is 1. The summed E-state index contributed by atoms with van der Waals surface area (Å²) in [6.07, 6.45) is 0. The number of hydrogen-bond acceptors (Lipinski definition) is 7. The lowest BCUT2D eigenvalue weighted by Crippen LogP contribution is -2.30. The average Bonchev–Trinajstić information content (AvgIpc) is 3.38. The highest BCUT2D eigenvalue weighted by Gasteiger charge is 2.24. The summed E-state index contributed by atoms with van der Waals surface area (Å²) in [6, 6.07) is 29.0. The minimum absolute atomic E-state index is 0.0623. The van der Waals surface area contributed by atoms with E-state index in [1.165, 1.54) is 16.1 Å². The van der Waals surface area contributed by atoms with Crippen LogP contribution in [-0.2, 0) is 14.8 Å². The Hall–Kier alpha value is -4.32. The SMILES string of the molecule is CCN(CC)S(=O)(=O)c1ccc2c(c1)nc(SCC(=O)Nc1cccc(Oc3ccccc3)c1)n2-c1ccccc1OC. The van der Waals surface area contributed by atoms with Crippen molar-refractivity contribution in [1.82, 2.24) is 13.9 Å². The monoisotopic (exact) mass is 616 g/mol. The fourth-order valence-electron chi connectivity index (χ4n) is 4.64. The van der Waals surface area contributed by atoms with Gasteiger partial charge in [0.05, 0.1) is 34.5 Å². The summed E-state index contributed by atoms with van der Waals surface area (Å²) in [4.78, 5) is 18.0. The molecule has 5 aromatic rings. The average molecular weight is 617 g/mol. The number of hydrogen-bond donors (Lipinski definition) is 1. The molecule has 0 aliphatic rings. The number of amides is 1. The zero-order valence-corrected chi connectivity index (χ0v) is 25.7. The van der Waals surface area contributed by atoms with Gasteiger partial charge in [-0.1, -0.05) is 62.0 Å². The smallest absolute Gasteiger partial charge is 0.243 e. The molecule has 1 heterocycles. The molecule has 0 unspecified atom stereocenters. The maximum atomic E-state index is 13.2. The van der Waals surface area contributed by atoms with Gasteiger partial charge < -0.3 is 14.8 Å². The molecule has 0 bridgehead atoms. The molecule has 0 saturated carbocycles. The molecule has 0 aliphatic carbocycles. The van der Waals surface area contributed by atoms with Crippen LogP contribution in [0.1, 0.15) is 13.8 Å². The summed E-state index contributed by atoms with van der Waals surface area (Å²) in [7, 11) is -2.09. The number of nitrogens with one attached hydrogen (secondary N) is 1. The number of carbonyl (C=O) groups is 1. The minimum atomic E-state index is -3.68. The summed E-state index contributed by atoms with van der Waals surface area (Å²) in [6.45, 7) is 4.35. The van der Waals surface area contributed by atoms with Crippen LogP contribution in [0.2, 0.25) is 0 Å². The Bertz CT molecular complexity index is 1840. The van der Waals surface area contributed by atoms with Crippen molar-refractivity contribution in [2.24, 2.45) is 0 Å². The molecule has 222 valence electrons. The molecule has 4 aromatic carbocycles. The van der Waals surface area contributed by atoms with Crippen molar-refractivity contribution in [2.45, 2.75) is 23.9 Å². The zero-order chi connectivity index (χ0) is 30.4. The van der Waals surface area contributed by atoms with Gasteiger partial charge in [-0.05, 0) is 54.6 Å². The first-order valence-electron chi connectivity index (χ1n) is 13.8. The van der Waals surface area contributed by atoms with Crippen LogP contribution in [0.5, 0.6) is 17.2 Å². The van der Waals surface area contributed by atoms with E-state index in [0.29, 0.717) is 52.2 Å². The highest BCUT2D eigenvalue weighted by molar-refractivity contribution is 7.99. The first-order valence-corrected chi connectivity index (χ1v) is 16.2. The topological polar surface area (TPSA) is 103 Å². The predicted octanol–water partition coefficient (Wildman–Crippen LogP) is 6.59. The van der Waals surface area contributed by atoms with Gasteiger partial charge in [0, 0.05) is 24.8 Å². The molecule has 0 aliphatic heterocycles. The molecule has 11 heteroatoms. The number of para-hydroxylation sites is 3. The Morgan fingerprint density at radius 2 is 1.63 bits per heavy atom. The molecule has 0 radical (unpaired) electrons. The highest BCUT2D eigenvalue weighted by atomic mass is 32.2. The van der Waals surface area contributed by atoms with E-state index >= 15 is 0 Å². The summed E-state index contributed by atoms with van der Waals surface area (Å²) >= 11 is 1.24. The quantitative estimate of drug-likeness (QED) is 0.158. The van der Waals surface area contributed by atoms with E-state index in [4.69, 9.17) is 14.5 Å². The molecule has 0 spiro atoms. The van der Waals surface area contributed by atoms with Crippen molar-refractivity contribution < 1.29 is 22.7 Å². The second-order valence-electron chi connectivity index (χ2n) is 9.42. The maximum absolute atomic E-state index is 13.2. The Morgan fingerprint density at radius 3 is 2.37 bits per heavy atom. The zero-order valence-electron chi connectivity index (χ0n) is 24.1. The largest absolute Gasteiger partial charge is 0.495 e. The minimum Gasteiger partial charge on any atom is -0.495 e. The molecule has 43 heavy (non-hydrogen) atoms. The van der Waals surface area contributed by atoms with Gasteiger partial charge in [0.1, 0.15) is 17.2 Å². The third kappa shape index (κ3) is 6.69. The van der Waals surface area contributed by atoms with Crippen molar-refractivity contribution in [3.63, 3.8) is 0 Å². The highest BCUT2D eigenvalue weighted by Crippen LogP contribution is 2.34. The Balaban J connectivity index is 1.42. The van der Waals surface area contributed by atoms with E-state index in [-0.39, 0.29) is 16.6 Å². The van der Waals surface area contributed by atoms with Gasteiger partial charge in [-0.15, -0.1) is 0 Å². The summed E-state index contributed by atoms with van der Waals surface area (Å²) in [5.74, 6) is 1.75. The number of thioether (sulfide) groups is 1. The Labute approximate surface area is 255 Å². The number of sulfonamides is 1. The van der Waals surface area contributed by atoms with Crippen molar-refractivity contribution in [2.75, 3.05) is 31.3 Å². The van der Waals surface area contributed by atoms with Crippen LogP contribution in [0.25, 0.3) is 16.7 Å². The molecule has 1 aromatic heterocycles. The van der Waals surface area contributed by atoms with E-state index < -0.39 is 10.0 Å². The van der Waals surface area contributed by atoms with Gasteiger partial charge in [0.2, 0.25) is 15.9 Å². The molecule has 5 rings (SSSR count). The lowest BCUT2D eigenvalue weighted by atomic mass is 10.2. The van der Waals surface area contributed by atoms with Gasteiger partial charge >= 0.3 is 0 Å². The van der Waals surface area contributed by atoms with Gasteiger partial charge in [-0.25, -0.2) is 13.4 Å². The Morgan fingerprint density at radius 1 is 0.907 bits per heavy atom. The maximum Gasteiger partial charge on any atom is 0.243 e.